The van der Waals surface area contributed by atoms with Gasteiger partial charge in [-0.15, -0.1) is 0 Å². The molecule has 26 heavy (non-hydrogen) atoms. The first kappa shape index (κ1) is 20.0. The standard InChI is InChI=1S/C21H25ClN2O2/c1-15(2)19-9-4-5-10-20(19)24(16(3)25)14-21(26)23-12-11-17-7-6-8-18(22)13-17/h4-10,13,15H,11-12,14H2,1-3H3,(H,23,26). The Morgan fingerprint density at radius 3 is 2.50 bits per heavy atom. The lowest BCUT2D eigenvalue weighted by Gasteiger charge is -2.25. The van der Waals surface area contributed by atoms with Crippen molar-refractivity contribution in [2.75, 3.05) is 18.0 Å². The summed E-state index contributed by atoms with van der Waals surface area (Å²) in [5.74, 6) is -0.0668. The molecule has 1 N–H and O–H groups in total. The molecular formula is C21H25ClN2O2. The molecule has 0 radical (unpaired) electrons. The summed E-state index contributed by atoms with van der Waals surface area (Å²) in [4.78, 5) is 26.0. The molecule has 0 unspecified atom stereocenters. The SMILES string of the molecule is CC(=O)N(CC(=O)NCCc1cccc(Cl)c1)c1ccccc1C(C)C. The van der Waals surface area contributed by atoms with Crippen LogP contribution in [-0.4, -0.2) is 24.9 Å². The van der Waals surface area contributed by atoms with Crippen LogP contribution < -0.4 is 10.2 Å². The lowest BCUT2D eigenvalue weighted by Crippen LogP contribution is -2.40. The second-order valence-electron chi connectivity index (χ2n) is 6.55. The Balaban J connectivity index is 1.99. The number of carbonyl (C=O) groups excluding carboxylic acids is 2. The molecule has 2 aromatic rings. The van der Waals surface area contributed by atoms with Gasteiger partial charge in [-0.2, -0.15) is 0 Å². The molecule has 0 spiro atoms. The van der Waals surface area contributed by atoms with Crippen LogP contribution in [0.3, 0.4) is 0 Å². The summed E-state index contributed by atoms with van der Waals surface area (Å²) in [6.45, 7) is 6.13. The molecule has 0 fully saturated rings. The summed E-state index contributed by atoms with van der Waals surface area (Å²) in [6.07, 6.45) is 0.689. The smallest absolute Gasteiger partial charge is 0.240 e. The van der Waals surface area contributed by atoms with Gasteiger partial charge in [0.05, 0.1) is 0 Å². The highest BCUT2D eigenvalue weighted by Gasteiger charge is 2.19. The van der Waals surface area contributed by atoms with Crippen molar-refractivity contribution in [3.63, 3.8) is 0 Å². The highest BCUT2D eigenvalue weighted by Crippen LogP contribution is 2.27. The predicted molar refractivity (Wildman–Crippen MR) is 107 cm³/mol. The van der Waals surface area contributed by atoms with Gasteiger partial charge < -0.3 is 10.2 Å². The summed E-state index contributed by atoms with van der Waals surface area (Å²) in [5, 5.41) is 3.56. The molecule has 0 aliphatic carbocycles. The van der Waals surface area contributed by atoms with E-state index in [1.165, 1.54) is 11.8 Å². The third kappa shape index (κ3) is 5.60. The van der Waals surface area contributed by atoms with Crippen molar-refractivity contribution in [2.45, 2.75) is 33.1 Å². The summed E-state index contributed by atoms with van der Waals surface area (Å²) < 4.78 is 0. The highest BCUT2D eigenvalue weighted by molar-refractivity contribution is 6.30. The Labute approximate surface area is 160 Å². The van der Waals surface area contributed by atoms with Gasteiger partial charge in [0.1, 0.15) is 6.54 Å². The second kappa shape index (κ2) is 9.39. The van der Waals surface area contributed by atoms with Gasteiger partial charge in [0, 0.05) is 24.2 Å². The van der Waals surface area contributed by atoms with Crippen molar-refractivity contribution < 1.29 is 9.59 Å². The quantitative estimate of drug-likeness (QED) is 0.792. The van der Waals surface area contributed by atoms with Gasteiger partial charge in [-0.3, -0.25) is 9.59 Å². The number of carbonyl (C=O) groups is 2. The number of anilines is 1. The topological polar surface area (TPSA) is 49.4 Å². The third-order valence-electron chi connectivity index (χ3n) is 4.16. The number of halogens is 1. The summed E-state index contributed by atoms with van der Waals surface area (Å²) in [5.41, 5.74) is 2.90. The minimum Gasteiger partial charge on any atom is -0.354 e. The van der Waals surface area contributed by atoms with Crippen LogP contribution in [-0.2, 0) is 16.0 Å². The third-order valence-corrected chi connectivity index (χ3v) is 4.39. The normalized spacial score (nSPS) is 10.7. The van der Waals surface area contributed by atoms with Crippen LogP contribution >= 0.6 is 11.6 Å². The molecule has 0 atom stereocenters. The summed E-state index contributed by atoms with van der Waals surface area (Å²) >= 11 is 5.97. The molecule has 138 valence electrons. The van der Waals surface area contributed by atoms with E-state index in [4.69, 9.17) is 11.6 Å². The van der Waals surface area contributed by atoms with Crippen LogP contribution in [0, 0.1) is 0 Å². The lowest BCUT2D eigenvalue weighted by molar-refractivity contribution is -0.123. The molecule has 2 amide bonds. The van der Waals surface area contributed by atoms with Gasteiger partial charge >= 0.3 is 0 Å². The number of benzene rings is 2. The second-order valence-corrected chi connectivity index (χ2v) is 6.98. The van der Waals surface area contributed by atoms with Gasteiger partial charge in [0.2, 0.25) is 11.8 Å². The fraction of sp³-hybridized carbons (Fsp3) is 0.333. The number of hydrogen-bond acceptors (Lipinski definition) is 2. The first-order chi connectivity index (χ1) is 12.4. The zero-order valence-corrected chi connectivity index (χ0v) is 16.2. The number of rotatable bonds is 7. The number of nitrogens with zero attached hydrogens (tertiary/aromatic N) is 1. The van der Waals surface area contributed by atoms with Crippen molar-refractivity contribution in [1.29, 1.82) is 0 Å². The van der Waals surface area contributed by atoms with E-state index in [9.17, 15) is 9.59 Å². The van der Waals surface area contributed by atoms with Crippen LogP contribution in [0.4, 0.5) is 5.69 Å². The Morgan fingerprint density at radius 2 is 1.85 bits per heavy atom. The largest absolute Gasteiger partial charge is 0.354 e. The monoisotopic (exact) mass is 372 g/mol. The van der Waals surface area contributed by atoms with Gasteiger partial charge in [0.25, 0.3) is 0 Å². The van der Waals surface area contributed by atoms with E-state index in [-0.39, 0.29) is 24.3 Å². The van der Waals surface area contributed by atoms with Crippen LogP contribution in [0.1, 0.15) is 37.8 Å². The zero-order valence-electron chi connectivity index (χ0n) is 15.5. The van der Waals surface area contributed by atoms with E-state index in [0.29, 0.717) is 18.0 Å². The molecule has 2 rings (SSSR count). The van der Waals surface area contributed by atoms with Crippen LogP contribution in [0.25, 0.3) is 0 Å². The lowest BCUT2D eigenvalue weighted by atomic mass is 10.0. The van der Waals surface area contributed by atoms with Crippen LogP contribution in [0.5, 0.6) is 0 Å². The maximum absolute atomic E-state index is 12.3. The van der Waals surface area contributed by atoms with Gasteiger partial charge in [-0.1, -0.05) is 55.8 Å². The molecule has 2 aromatic carbocycles. The number of para-hydroxylation sites is 1. The first-order valence-electron chi connectivity index (χ1n) is 8.76. The highest BCUT2D eigenvalue weighted by atomic mass is 35.5. The Bertz CT molecular complexity index is 774. The number of amides is 2. The van der Waals surface area contributed by atoms with E-state index >= 15 is 0 Å². The van der Waals surface area contributed by atoms with Crippen molar-refractivity contribution in [3.05, 3.63) is 64.7 Å². The molecule has 0 aliphatic heterocycles. The van der Waals surface area contributed by atoms with Crippen molar-refractivity contribution in [3.8, 4) is 0 Å². The van der Waals surface area contributed by atoms with E-state index in [0.717, 1.165) is 16.8 Å². The van der Waals surface area contributed by atoms with Gasteiger partial charge in [-0.05, 0) is 41.7 Å². The zero-order chi connectivity index (χ0) is 19.1. The number of hydrogen-bond donors (Lipinski definition) is 1. The van der Waals surface area contributed by atoms with Crippen LogP contribution in [0.2, 0.25) is 5.02 Å². The molecular weight excluding hydrogens is 348 g/mol. The number of nitrogens with one attached hydrogen (secondary N) is 1. The molecule has 0 saturated heterocycles. The van der Waals surface area contributed by atoms with E-state index in [2.05, 4.69) is 19.2 Å². The predicted octanol–water partition coefficient (Wildman–Crippen LogP) is 4.18. The minimum absolute atomic E-state index is 0.00854. The van der Waals surface area contributed by atoms with E-state index in [1.807, 2.05) is 48.5 Å². The average molecular weight is 373 g/mol. The Morgan fingerprint density at radius 1 is 1.12 bits per heavy atom. The van der Waals surface area contributed by atoms with E-state index < -0.39 is 0 Å². The molecule has 0 bridgehead atoms. The van der Waals surface area contributed by atoms with E-state index in [1.54, 1.807) is 0 Å². The summed E-state index contributed by atoms with van der Waals surface area (Å²) in [6, 6.07) is 15.3. The van der Waals surface area contributed by atoms with Crippen molar-refractivity contribution >= 4 is 29.1 Å². The summed E-state index contributed by atoms with van der Waals surface area (Å²) in [7, 11) is 0. The fourth-order valence-corrected chi connectivity index (χ4v) is 3.04. The first-order valence-corrected chi connectivity index (χ1v) is 9.14. The minimum atomic E-state index is -0.180. The maximum Gasteiger partial charge on any atom is 0.240 e. The van der Waals surface area contributed by atoms with Crippen LogP contribution in [0.15, 0.2) is 48.5 Å². The fourth-order valence-electron chi connectivity index (χ4n) is 2.83. The Kier molecular flexibility index (Phi) is 7.22. The molecule has 0 aromatic heterocycles. The van der Waals surface area contributed by atoms with Gasteiger partial charge in [0.15, 0.2) is 0 Å². The maximum atomic E-state index is 12.3. The van der Waals surface area contributed by atoms with Crippen molar-refractivity contribution in [2.24, 2.45) is 0 Å². The molecule has 4 nitrogen and oxygen atoms in total. The molecule has 0 saturated carbocycles. The molecule has 0 aliphatic rings. The Hall–Kier alpha value is -2.33. The average Bonchev–Trinajstić information content (AvgIpc) is 2.59. The van der Waals surface area contributed by atoms with Crippen molar-refractivity contribution in [1.82, 2.24) is 5.32 Å². The van der Waals surface area contributed by atoms with Gasteiger partial charge in [-0.25, -0.2) is 0 Å². The molecule has 0 heterocycles. The molecule has 5 heteroatoms.